The van der Waals surface area contributed by atoms with Gasteiger partial charge in [-0.1, -0.05) is 53.7 Å². The highest BCUT2D eigenvalue weighted by atomic mass is 35.5. The van der Waals surface area contributed by atoms with Gasteiger partial charge >= 0.3 is 0 Å². The van der Waals surface area contributed by atoms with Gasteiger partial charge in [0.2, 0.25) is 11.1 Å². The van der Waals surface area contributed by atoms with E-state index in [1.54, 1.807) is 30.0 Å². The molecule has 0 saturated carbocycles. The Hall–Kier alpha value is -2.62. The van der Waals surface area contributed by atoms with Gasteiger partial charge in [0.05, 0.1) is 24.8 Å². The van der Waals surface area contributed by atoms with Gasteiger partial charge in [0, 0.05) is 12.3 Å². The lowest BCUT2D eigenvalue weighted by Gasteiger charge is -2.17. The third-order valence-electron chi connectivity index (χ3n) is 4.88. The first-order chi connectivity index (χ1) is 15.1. The number of rotatable bonds is 8. The van der Waals surface area contributed by atoms with Gasteiger partial charge in [0.1, 0.15) is 11.0 Å². The van der Waals surface area contributed by atoms with Crippen molar-refractivity contribution in [2.45, 2.75) is 35.9 Å². The number of tetrazole rings is 1. The number of anilines is 1. The molecular weight excluding hydrogens is 438 g/mol. The van der Waals surface area contributed by atoms with Crippen molar-refractivity contribution in [2.75, 3.05) is 19.0 Å². The zero-order valence-corrected chi connectivity index (χ0v) is 18.5. The summed E-state index contributed by atoms with van der Waals surface area (Å²) in [5.41, 5.74) is 1.42. The molecule has 3 aromatic rings. The number of hydrogen-bond donors (Lipinski definition) is 1. The lowest BCUT2D eigenvalue weighted by Crippen LogP contribution is -2.21. The summed E-state index contributed by atoms with van der Waals surface area (Å²) in [7, 11) is 1.54. The summed E-state index contributed by atoms with van der Waals surface area (Å²) in [6.45, 7) is 1.32. The second-order valence-corrected chi connectivity index (χ2v) is 8.51. The number of nitrogens with one attached hydrogen (secondary N) is 1. The van der Waals surface area contributed by atoms with E-state index in [-0.39, 0.29) is 12.0 Å². The molecule has 1 aliphatic heterocycles. The number of nitrogens with zero attached hydrogens (tertiary/aromatic N) is 4. The highest BCUT2D eigenvalue weighted by Crippen LogP contribution is 2.36. The molecule has 0 unspecified atom stereocenters. The molecule has 1 saturated heterocycles. The minimum Gasteiger partial charge on any atom is -0.495 e. The Morgan fingerprint density at radius 2 is 2.19 bits per heavy atom. The molecule has 0 radical (unpaired) electrons. The fraction of sp³-hybridized carbons (Fsp3) is 0.333. The topological polar surface area (TPSA) is 91.2 Å². The minimum atomic E-state index is -0.559. The molecule has 2 aromatic carbocycles. The van der Waals surface area contributed by atoms with Crippen LogP contribution in [0.2, 0.25) is 5.02 Å². The van der Waals surface area contributed by atoms with Crippen LogP contribution in [0.25, 0.3) is 0 Å². The van der Waals surface area contributed by atoms with Crippen molar-refractivity contribution in [3.63, 3.8) is 0 Å². The molecule has 1 fully saturated rings. The third-order valence-corrected chi connectivity index (χ3v) is 6.40. The Morgan fingerprint density at radius 1 is 1.35 bits per heavy atom. The maximum Gasteiger partial charge on any atom is 0.242 e. The van der Waals surface area contributed by atoms with Crippen molar-refractivity contribution in [1.29, 1.82) is 0 Å². The minimum absolute atomic E-state index is 0.0910. The number of halogens is 1. The molecule has 0 aliphatic carbocycles. The van der Waals surface area contributed by atoms with E-state index in [1.165, 1.54) is 11.8 Å². The van der Waals surface area contributed by atoms with Crippen molar-refractivity contribution in [2.24, 2.45) is 0 Å². The van der Waals surface area contributed by atoms with Crippen LogP contribution in [0.1, 0.15) is 23.7 Å². The Labute approximate surface area is 189 Å². The Balaban J connectivity index is 1.55. The lowest BCUT2D eigenvalue weighted by molar-refractivity contribution is -0.115. The fourth-order valence-corrected chi connectivity index (χ4v) is 4.58. The van der Waals surface area contributed by atoms with Crippen molar-refractivity contribution in [3.8, 4) is 5.75 Å². The maximum atomic E-state index is 13.3. The van der Waals surface area contributed by atoms with Gasteiger partial charge in [-0.2, -0.15) is 0 Å². The van der Waals surface area contributed by atoms with Gasteiger partial charge in [0.25, 0.3) is 0 Å². The van der Waals surface area contributed by atoms with Gasteiger partial charge in [-0.15, -0.1) is 5.10 Å². The van der Waals surface area contributed by atoms with E-state index in [9.17, 15) is 4.79 Å². The van der Waals surface area contributed by atoms with Gasteiger partial charge in [-0.05, 0) is 47.0 Å². The molecule has 162 valence electrons. The number of hydrogen-bond acceptors (Lipinski definition) is 7. The van der Waals surface area contributed by atoms with Crippen molar-refractivity contribution in [3.05, 3.63) is 59.1 Å². The number of carbonyl (C=O) groups is 1. The highest BCUT2D eigenvalue weighted by molar-refractivity contribution is 8.00. The molecule has 0 spiro atoms. The second kappa shape index (κ2) is 10.1. The molecular formula is C21H22ClN5O3S. The van der Waals surface area contributed by atoms with Crippen molar-refractivity contribution >= 4 is 35.0 Å². The number of carbonyl (C=O) groups excluding carboxylic acids is 1. The maximum absolute atomic E-state index is 13.3. The number of aromatic nitrogens is 4. The van der Waals surface area contributed by atoms with Crippen LogP contribution >= 0.6 is 23.4 Å². The number of amides is 1. The standard InChI is InChI=1S/C21H22ClN5O3S/c1-29-18-10-9-15(12-17(18)22)23-20(28)19(14-6-3-2-4-7-14)31-21-24-25-26-27(21)13-16-8-5-11-30-16/h2-4,6-7,9-10,12,16,19H,5,8,11,13H2,1H3,(H,23,28)/t16-,19+/m1/s1. The predicted molar refractivity (Wildman–Crippen MR) is 118 cm³/mol. The largest absolute Gasteiger partial charge is 0.495 e. The van der Waals surface area contributed by atoms with E-state index < -0.39 is 5.25 Å². The van der Waals surface area contributed by atoms with Crippen LogP contribution in [0.15, 0.2) is 53.7 Å². The first kappa shape index (κ1) is 21.6. The monoisotopic (exact) mass is 459 g/mol. The Bertz CT molecular complexity index is 1030. The quantitative estimate of drug-likeness (QED) is 0.509. The van der Waals surface area contributed by atoms with E-state index in [0.29, 0.717) is 28.2 Å². The van der Waals surface area contributed by atoms with E-state index in [2.05, 4.69) is 20.8 Å². The third kappa shape index (κ3) is 5.36. The number of thioether (sulfide) groups is 1. The number of methoxy groups -OCH3 is 1. The summed E-state index contributed by atoms with van der Waals surface area (Å²) in [5.74, 6) is 0.339. The SMILES string of the molecule is COc1ccc(NC(=O)[C@@H](Sc2nnnn2C[C@H]2CCCO2)c2ccccc2)cc1Cl. The summed E-state index contributed by atoms with van der Waals surface area (Å²) in [5, 5.41) is 15.4. The Kier molecular flexibility index (Phi) is 7.06. The first-order valence-electron chi connectivity index (χ1n) is 9.88. The number of benzene rings is 2. The second-order valence-electron chi connectivity index (χ2n) is 7.03. The molecule has 1 aromatic heterocycles. The predicted octanol–water partition coefficient (Wildman–Crippen LogP) is 3.99. The zero-order valence-electron chi connectivity index (χ0n) is 16.9. The van der Waals surface area contributed by atoms with Gasteiger partial charge in [-0.3, -0.25) is 4.79 Å². The number of ether oxygens (including phenoxy) is 2. The summed E-state index contributed by atoms with van der Waals surface area (Å²) >= 11 is 7.50. The highest BCUT2D eigenvalue weighted by Gasteiger charge is 2.26. The van der Waals surface area contributed by atoms with Crippen LogP contribution in [0.5, 0.6) is 5.75 Å². The van der Waals surface area contributed by atoms with Crippen molar-refractivity contribution < 1.29 is 14.3 Å². The van der Waals surface area contributed by atoms with Gasteiger partial charge < -0.3 is 14.8 Å². The molecule has 31 heavy (non-hydrogen) atoms. The van der Waals surface area contributed by atoms with Crippen LogP contribution in [-0.2, 0) is 16.1 Å². The van der Waals surface area contributed by atoms with Gasteiger partial charge in [0.15, 0.2) is 0 Å². The smallest absolute Gasteiger partial charge is 0.242 e. The molecule has 10 heteroatoms. The lowest BCUT2D eigenvalue weighted by atomic mass is 10.1. The molecule has 1 amide bonds. The van der Waals surface area contributed by atoms with Crippen LogP contribution in [-0.4, -0.2) is 45.9 Å². The van der Waals surface area contributed by atoms with E-state index >= 15 is 0 Å². The molecule has 8 nitrogen and oxygen atoms in total. The van der Waals surface area contributed by atoms with Crippen LogP contribution < -0.4 is 10.1 Å². The average molecular weight is 460 g/mol. The first-order valence-corrected chi connectivity index (χ1v) is 11.1. The normalized spacial score (nSPS) is 16.8. The molecule has 2 heterocycles. The molecule has 4 rings (SSSR count). The summed E-state index contributed by atoms with van der Waals surface area (Å²) in [6.07, 6.45) is 2.10. The van der Waals surface area contributed by atoms with Crippen LogP contribution in [0.3, 0.4) is 0 Å². The molecule has 2 atom stereocenters. The average Bonchev–Trinajstić information content (AvgIpc) is 3.45. The molecule has 1 N–H and O–H groups in total. The van der Waals surface area contributed by atoms with E-state index in [0.717, 1.165) is 25.0 Å². The summed E-state index contributed by atoms with van der Waals surface area (Å²) in [4.78, 5) is 13.3. The summed E-state index contributed by atoms with van der Waals surface area (Å²) < 4.78 is 12.6. The fourth-order valence-electron chi connectivity index (χ4n) is 3.33. The zero-order chi connectivity index (χ0) is 21.6. The molecule has 1 aliphatic rings. The van der Waals surface area contributed by atoms with E-state index in [4.69, 9.17) is 21.1 Å². The van der Waals surface area contributed by atoms with Crippen LogP contribution in [0, 0.1) is 0 Å². The molecule has 0 bridgehead atoms. The van der Waals surface area contributed by atoms with Crippen molar-refractivity contribution in [1.82, 2.24) is 20.2 Å². The van der Waals surface area contributed by atoms with Gasteiger partial charge in [-0.25, -0.2) is 4.68 Å². The Morgan fingerprint density at radius 3 is 2.90 bits per heavy atom. The van der Waals surface area contributed by atoms with Crippen LogP contribution in [0.4, 0.5) is 5.69 Å². The summed E-state index contributed by atoms with van der Waals surface area (Å²) in [6, 6.07) is 14.6. The van der Waals surface area contributed by atoms with E-state index in [1.807, 2.05) is 30.3 Å².